The van der Waals surface area contributed by atoms with E-state index in [4.69, 9.17) is 20.0 Å². The summed E-state index contributed by atoms with van der Waals surface area (Å²) in [6.45, 7) is 6.48. The third kappa shape index (κ3) is 5.47. The van der Waals surface area contributed by atoms with Crippen LogP contribution in [-0.4, -0.2) is 35.6 Å². The van der Waals surface area contributed by atoms with Gasteiger partial charge in [0.05, 0.1) is 6.61 Å². The van der Waals surface area contributed by atoms with Gasteiger partial charge < -0.3 is 10.2 Å². The third-order valence-corrected chi connectivity index (χ3v) is 2.76. The van der Waals surface area contributed by atoms with E-state index in [1.807, 2.05) is 20.8 Å². The molecule has 0 saturated carbocycles. The highest BCUT2D eigenvalue weighted by Crippen LogP contribution is 2.24. The summed E-state index contributed by atoms with van der Waals surface area (Å²) < 4.78 is 0. The number of aliphatic hydroxyl groups excluding tert-OH is 2. The summed E-state index contributed by atoms with van der Waals surface area (Å²) in [4.78, 5) is 10.5. The molecule has 0 aromatic heterocycles. The number of hydrogen-bond donors (Lipinski definition) is 2. The van der Waals surface area contributed by atoms with Gasteiger partial charge >= 0.3 is 0 Å². The lowest BCUT2D eigenvalue weighted by atomic mass is 9.94. The Hall–Kier alpha value is -0.160. The Bertz CT molecular complexity index is 146. The lowest BCUT2D eigenvalue weighted by Gasteiger charge is -2.29. The molecule has 0 aliphatic carbocycles. The molecule has 0 aliphatic heterocycles. The Labute approximate surface area is 92.1 Å². The Kier molecular flexibility index (Phi) is 7.96. The van der Waals surface area contributed by atoms with Gasteiger partial charge in [-0.2, -0.15) is 0 Å². The van der Waals surface area contributed by atoms with Crippen molar-refractivity contribution in [1.29, 1.82) is 0 Å². The second-order valence-corrected chi connectivity index (χ2v) is 4.02. The lowest BCUT2D eigenvalue weighted by molar-refractivity contribution is -0.370. The van der Waals surface area contributed by atoms with Gasteiger partial charge in [0.1, 0.15) is 5.60 Å². The highest BCUT2D eigenvalue weighted by atomic mass is 17.2. The molecule has 1 unspecified atom stereocenters. The average molecular weight is 220 g/mol. The van der Waals surface area contributed by atoms with E-state index in [0.29, 0.717) is 13.0 Å². The van der Waals surface area contributed by atoms with E-state index < -0.39 is 0 Å². The first-order valence-electron chi connectivity index (χ1n) is 5.66. The number of rotatable bonds is 9. The third-order valence-electron chi connectivity index (χ3n) is 2.76. The molecule has 92 valence electrons. The lowest BCUT2D eigenvalue weighted by Crippen LogP contribution is -2.33. The van der Waals surface area contributed by atoms with Crippen molar-refractivity contribution in [2.45, 2.75) is 45.6 Å². The molecule has 0 spiro atoms. The van der Waals surface area contributed by atoms with E-state index >= 15 is 0 Å². The van der Waals surface area contributed by atoms with Crippen molar-refractivity contribution in [1.82, 2.24) is 0 Å². The maximum absolute atomic E-state index is 8.94. The van der Waals surface area contributed by atoms with E-state index in [2.05, 4.69) is 0 Å². The van der Waals surface area contributed by atoms with Crippen LogP contribution in [0.5, 0.6) is 0 Å². The molecule has 4 heteroatoms. The monoisotopic (exact) mass is 220 g/mol. The van der Waals surface area contributed by atoms with Gasteiger partial charge in [0.2, 0.25) is 0 Å². The minimum atomic E-state index is -0.385. The minimum Gasteiger partial charge on any atom is -0.396 e. The van der Waals surface area contributed by atoms with Crippen LogP contribution < -0.4 is 0 Å². The largest absolute Gasteiger partial charge is 0.396 e. The molecule has 0 amide bonds. The molecule has 15 heavy (non-hydrogen) atoms. The van der Waals surface area contributed by atoms with Crippen LogP contribution in [0.3, 0.4) is 0 Å². The predicted molar refractivity (Wildman–Crippen MR) is 58.3 cm³/mol. The minimum absolute atomic E-state index is 0.0746. The second kappa shape index (κ2) is 8.05. The Morgan fingerprint density at radius 2 is 1.80 bits per heavy atom. The van der Waals surface area contributed by atoms with Gasteiger partial charge in [0.25, 0.3) is 0 Å². The zero-order valence-corrected chi connectivity index (χ0v) is 10.0. The first-order chi connectivity index (χ1) is 7.14. The fraction of sp³-hybridized carbons (Fsp3) is 1.00. The van der Waals surface area contributed by atoms with E-state index in [-0.39, 0.29) is 24.7 Å². The normalized spacial score (nSPS) is 14.2. The van der Waals surface area contributed by atoms with Crippen molar-refractivity contribution in [2.24, 2.45) is 5.92 Å². The molecule has 0 rings (SSSR count). The maximum atomic E-state index is 8.94. The van der Waals surface area contributed by atoms with Crippen LogP contribution in [0, 0.1) is 5.92 Å². The zero-order chi connectivity index (χ0) is 11.7. The molecular formula is C11H24O4. The van der Waals surface area contributed by atoms with E-state index in [1.165, 1.54) is 0 Å². The summed E-state index contributed by atoms with van der Waals surface area (Å²) in [7, 11) is 0. The number of hydrogen-bond acceptors (Lipinski definition) is 4. The first-order valence-corrected chi connectivity index (χ1v) is 5.66. The smallest absolute Gasteiger partial charge is 0.105 e. The van der Waals surface area contributed by atoms with Crippen LogP contribution in [0.25, 0.3) is 0 Å². The van der Waals surface area contributed by atoms with Crippen molar-refractivity contribution in [2.75, 3.05) is 19.8 Å². The molecule has 0 aromatic rings. The molecule has 2 N–H and O–H groups in total. The van der Waals surface area contributed by atoms with Crippen molar-refractivity contribution in [3.63, 3.8) is 0 Å². The summed E-state index contributed by atoms with van der Waals surface area (Å²) >= 11 is 0. The molecule has 0 aromatic carbocycles. The standard InChI is InChI=1S/C11H24O4/c1-4-11(5-2,6-7-12)15-14-9-10(3)8-13/h10,12-13H,4-9H2,1-3H3. The molecule has 1 atom stereocenters. The quantitative estimate of drug-likeness (QED) is 0.457. The molecule has 0 saturated heterocycles. The van der Waals surface area contributed by atoms with Crippen LogP contribution in [-0.2, 0) is 9.78 Å². The van der Waals surface area contributed by atoms with Crippen molar-refractivity contribution >= 4 is 0 Å². The van der Waals surface area contributed by atoms with Gasteiger partial charge in [-0.25, -0.2) is 9.78 Å². The highest BCUT2D eigenvalue weighted by molar-refractivity contribution is 4.75. The van der Waals surface area contributed by atoms with Gasteiger partial charge in [-0.05, 0) is 12.8 Å². The molecule has 4 nitrogen and oxygen atoms in total. The second-order valence-electron chi connectivity index (χ2n) is 4.02. The Morgan fingerprint density at radius 1 is 1.20 bits per heavy atom. The van der Waals surface area contributed by atoms with Crippen molar-refractivity contribution in [3.8, 4) is 0 Å². The van der Waals surface area contributed by atoms with Crippen LogP contribution in [0.2, 0.25) is 0 Å². The van der Waals surface area contributed by atoms with E-state index in [0.717, 1.165) is 12.8 Å². The summed E-state index contributed by atoms with van der Waals surface area (Å²) in [5.41, 5.74) is -0.385. The van der Waals surface area contributed by atoms with Crippen LogP contribution in [0.1, 0.15) is 40.0 Å². The summed E-state index contributed by atoms with van der Waals surface area (Å²) in [5.74, 6) is 0.0746. The highest BCUT2D eigenvalue weighted by Gasteiger charge is 2.28. The van der Waals surface area contributed by atoms with Crippen LogP contribution >= 0.6 is 0 Å². The molecule has 0 bridgehead atoms. The topological polar surface area (TPSA) is 58.9 Å². The van der Waals surface area contributed by atoms with Crippen LogP contribution in [0.4, 0.5) is 0 Å². The van der Waals surface area contributed by atoms with Gasteiger partial charge in [0, 0.05) is 25.6 Å². The SMILES string of the molecule is CCC(CC)(CCO)OOCC(C)CO. The molecular weight excluding hydrogens is 196 g/mol. The fourth-order valence-electron chi connectivity index (χ4n) is 1.29. The van der Waals surface area contributed by atoms with E-state index in [9.17, 15) is 0 Å². The zero-order valence-electron chi connectivity index (χ0n) is 10.0. The van der Waals surface area contributed by atoms with Crippen LogP contribution in [0.15, 0.2) is 0 Å². The maximum Gasteiger partial charge on any atom is 0.105 e. The summed E-state index contributed by atoms with van der Waals surface area (Å²) in [5, 5.41) is 17.7. The molecule has 0 radical (unpaired) electrons. The number of aliphatic hydroxyl groups is 2. The van der Waals surface area contributed by atoms with Gasteiger partial charge in [-0.15, -0.1) is 0 Å². The average Bonchev–Trinajstić information content (AvgIpc) is 2.27. The molecule has 0 aliphatic rings. The fourth-order valence-corrected chi connectivity index (χ4v) is 1.29. The van der Waals surface area contributed by atoms with Gasteiger partial charge in [-0.1, -0.05) is 20.8 Å². The van der Waals surface area contributed by atoms with Crippen molar-refractivity contribution in [3.05, 3.63) is 0 Å². The Morgan fingerprint density at radius 3 is 2.20 bits per heavy atom. The predicted octanol–water partition coefficient (Wildman–Crippen LogP) is 1.50. The summed E-state index contributed by atoms with van der Waals surface area (Å²) in [6, 6.07) is 0. The van der Waals surface area contributed by atoms with Crippen molar-refractivity contribution < 1.29 is 20.0 Å². The van der Waals surface area contributed by atoms with Gasteiger partial charge in [-0.3, -0.25) is 0 Å². The van der Waals surface area contributed by atoms with E-state index in [1.54, 1.807) is 0 Å². The van der Waals surface area contributed by atoms with Gasteiger partial charge in [0.15, 0.2) is 0 Å². The first kappa shape index (κ1) is 14.8. The molecule has 0 fully saturated rings. The Balaban J connectivity index is 3.94. The molecule has 0 heterocycles. The summed E-state index contributed by atoms with van der Waals surface area (Å²) in [6.07, 6.45) is 2.18.